The topological polar surface area (TPSA) is 49.4 Å². The van der Waals surface area contributed by atoms with Gasteiger partial charge < -0.3 is 5.32 Å². The fourth-order valence-electron chi connectivity index (χ4n) is 3.84. The highest BCUT2D eigenvalue weighted by Gasteiger charge is 2.40. The highest BCUT2D eigenvalue weighted by Crippen LogP contribution is 2.36. The normalized spacial score (nSPS) is 13.9. The summed E-state index contributed by atoms with van der Waals surface area (Å²) in [6, 6.07) is 16.9. The van der Waals surface area contributed by atoms with Crippen molar-refractivity contribution in [1.82, 2.24) is 0 Å². The predicted molar refractivity (Wildman–Crippen MR) is 121 cm³/mol. The molecule has 1 N–H and O–H groups in total. The summed E-state index contributed by atoms with van der Waals surface area (Å²) in [7, 11) is 0. The highest BCUT2D eigenvalue weighted by molar-refractivity contribution is 6.46. The van der Waals surface area contributed by atoms with Crippen molar-refractivity contribution in [2.24, 2.45) is 0 Å². The van der Waals surface area contributed by atoms with Gasteiger partial charge in [-0.25, -0.2) is 9.29 Å². The molecule has 0 bridgehead atoms. The van der Waals surface area contributed by atoms with Crippen molar-refractivity contribution in [3.63, 3.8) is 0 Å². The molecule has 4 nitrogen and oxygen atoms in total. The summed E-state index contributed by atoms with van der Waals surface area (Å²) in [5.41, 5.74) is 6.36. The first-order valence-electron chi connectivity index (χ1n) is 10.1. The molecule has 156 valence electrons. The van der Waals surface area contributed by atoms with E-state index in [1.54, 1.807) is 0 Å². The molecule has 3 aromatic rings. The number of halogens is 1. The van der Waals surface area contributed by atoms with E-state index in [0.717, 1.165) is 32.8 Å². The van der Waals surface area contributed by atoms with E-state index in [1.807, 2.05) is 64.1 Å². The molecule has 1 aliphatic rings. The number of hydrogen-bond donors (Lipinski definition) is 1. The first-order chi connectivity index (χ1) is 14.8. The molecule has 0 spiro atoms. The zero-order chi connectivity index (χ0) is 22.3. The molecule has 0 aliphatic carbocycles. The molecule has 0 unspecified atom stereocenters. The summed E-state index contributed by atoms with van der Waals surface area (Å²) < 4.78 is 13.4. The van der Waals surface area contributed by atoms with Gasteiger partial charge in [-0.15, -0.1) is 0 Å². The number of amides is 2. The van der Waals surface area contributed by atoms with E-state index in [4.69, 9.17) is 0 Å². The Kier molecular flexibility index (Phi) is 5.19. The zero-order valence-electron chi connectivity index (χ0n) is 17.9. The molecule has 3 aromatic carbocycles. The number of imide groups is 1. The van der Waals surface area contributed by atoms with Crippen molar-refractivity contribution in [3.05, 3.63) is 100.0 Å². The third kappa shape index (κ3) is 3.63. The van der Waals surface area contributed by atoms with E-state index in [-0.39, 0.29) is 5.70 Å². The maximum Gasteiger partial charge on any atom is 0.282 e. The molecule has 2 amide bonds. The quantitative estimate of drug-likeness (QED) is 0.577. The molecule has 0 aromatic heterocycles. The van der Waals surface area contributed by atoms with Gasteiger partial charge in [0.25, 0.3) is 11.8 Å². The Hall–Kier alpha value is -3.73. The summed E-state index contributed by atoms with van der Waals surface area (Å²) in [6.45, 7) is 7.86. The summed E-state index contributed by atoms with van der Waals surface area (Å²) in [6.07, 6.45) is 0. The number of anilines is 2. The van der Waals surface area contributed by atoms with Gasteiger partial charge >= 0.3 is 0 Å². The van der Waals surface area contributed by atoms with Crippen LogP contribution >= 0.6 is 0 Å². The Bertz CT molecular complexity index is 1240. The van der Waals surface area contributed by atoms with Gasteiger partial charge in [0, 0.05) is 5.69 Å². The maximum absolute atomic E-state index is 13.5. The van der Waals surface area contributed by atoms with Gasteiger partial charge in [-0.05, 0) is 80.3 Å². The van der Waals surface area contributed by atoms with Gasteiger partial charge in [-0.3, -0.25) is 9.59 Å². The van der Waals surface area contributed by atoms with Crippen molar-refractivity contribution in [1.29, 1.82) is 0 Å². The number of hydrogen-bond acceptors (Lipinski definition) is 3. The second-order valence-corrected chi connectivity index (χ2v) is 7.86. The van der Waals surface area contributed by atoms with Crippen molar-refractivity contribution in [3.8, 4) is 0 Å². The number of carbonyl (C=O) groups excluding carboxylic acids is 2. The molecule has 0 fully saturated rings. The van der Waals surface area contributed by atoms with Crippen LogP contribution in [0.15, 0.2) is 66.4 Å². The van der Waals surface area contributed by atoms with Crippen molar-refractivity contribution in [2.75, 3.05) is 10.2 Å². The third-order valence-electron chi connectivity index (χ3n) is 5.68. The van der Waals surface area contributed by atoms with Crippen molar-refractivity contribution < 1.29 is 14.0 Å². The Morgan fingerprint density at radius 3 is 2.19 bits per heavy atom. The smallest absolute Gasteiger partial charge is 0.282 e. The van der Waals surface area contributed by atoms with Gasteiger partial charge in [-0.1, -0.05) is 35.9 Å². The fourth-order valence-corrected chi connectivity index (χ4v) is 3.84. The number of nitrogens with one attached hydrogen (secondary N) is 1. The van der Waals surface area contributed by atoms with Crippen LogP contribution in [0.5, 0.6) is 0 Å². The van der Waals surface area contributed by atoms with E-state index >= 15 is 0 Å². The van der Waals surface area contributed by atoms with Gasteiger partial charge in [0.2, 0.25) is 0 Å². The number of carbonyl (C=O) groups is 2. The Morgan fingerprint density at radius 2 is 1.52 bits per heavy atom. The number of benzene rings is 3. The largest absolute Gasteiger partial charge is 0.350 e. The first kappa shape index (κ1) is 20.5. The number of aryl methyl sites for hydroxylation is 3. The summed E-state index contributed by atoms with van der Waals surface area (Å²) >= 11 is 0. The third-order valence-corrected chi connectivity index (χ3v) is 5.68. The van der Waals surface area contributed by atoms with Gasteiger partial charge in [-0.2, -0.15) is 0 Å². The molecule has 1 heterocycles. The monoisotopic (exact) mass is 414 g/mol. The lowest BCUT2D eigenvalue weighted by atomic mass is 9.97. The molecular formula is C26H23FN2O2. The SMILES string of the molecule is Cc1ccc(C2=C(Nc3cccc(C)c3C)C(=O)N(c3ccc(F)cc3)C2=O)c(C)c1. The summed E-state index contributed by atoms with van der Waals surface area (Å²) in [5.74, 6) is -1.33. The van der Waals surface area contributed by atoms with Crippen LogP contribution in [-0.4, -0.2) is 11.8 Å². The average molecular weight is 414 g/mol. The standard InChI is InChI=1S/C26H23FN2O2/c1-15-8-13-21(17(3)14-15)23-24(28-22-7-5-6-16(2)18(22)4)26(31)29(25(23)30)20-11-9-19(27)10-12-20/h5-14,28H,1-4H3. The Labute approximate surface area is 181 Å². The average Bonchev–Trinajstić information content (AvgIpc) is 2.96. The van der Waals surface area contributed by atoms with E-state index in [2.05, 4.69) is 5.32 Å². The van der Waals surface area contributed by atoms with Crippen LogP contribution in [0, 0.1) is 33.5 Å². The summed E-state index contributed by atoms with van der Waals surface area (Å²) in [5, 5.41) is 3.23. The molecule has 4 rings (SSSR count). The molecule has 0 saturated heterocycles. The molecule has 31 heavy (non-hydrogen) atoms. The van der Waals surface area contributed by atoms with Crippen LogP contribution in [0.4, 0.5) is 15.8 Å². The van der Waals surface area contributed by atoms with Crippen LogP contribution in [0.1, 0.15) is 27.8 Å². The number of rotatable bonds is 4. The second kappa shape index (κ2) is 7.84. The first-order valence-corrected chi connectivity index (χ1v) is 10.1. The van der Waals surface area contributed by atoms with E-state index < -0.39 is 17.6 Å². The Balaban J connectivity index is 1.88. The predicted octanol–water partition coefficient (Wildman–Crippen LogP) is 5.46. The van der Waals surface area contributed by atoms with Crippen LogP contribution < -0.4 is 10.2 Å². The van der Waals surface area contributed by atoms with Gasteiger partial charge in [0.15, 0.2) is 0 Å². The molecule has 0 atom stereocenters. The lowest BCUT2D eigenvalue weighted by molar-refractivity contribution is -0.120. The second-order valence-electron chi connectivity index (χ2n) is 7.86. The lowest BCUT2D eigenvalue weighted by Gasteiger charge is -2.16. The molecule has 0 saturated carbocycles. The summed E-state index contributed by atoms with van der Waals surface area (Å²) in [4.78, 5) is 28.1. The molecule has 1 aliphatic heterocycles. The maximum atomic E-state index is 13.5. The minimum Gasteiger partial charge on any atom is -0.350 e. The van der Waals surface area contributed by atoms with Crippen LogP contribution in [0.3, 0.4) is 0 Å². The minimum atomic E-state index is -0.465. The highest BCUT2D eigenvalue weighted by atomic mass is 19.1. The van der Waals surface area contributed by atoms with Crippen molar-refractivity contribution in [2.45, 2.75) is 27.7 Å². The van der Waals surface area contributed by atoms with E-state index in [9.17, 15) is 14.0 Å². The van der Waals surface area contributed by atoms with Crippen LogP contribution in [0.25, 0.3) is 5.57 Å². The molecular weight excluding hydrogens is 391 g/mol. The van der Waals surface area contributed by atoms with Gasteiger partial charge in [0.05, 0.1) is 11.3 Å². The van der Waals surface area contributed by atoms with E-state index in [0.29, 0.717) is 16.8 Å². The van der Waals surface area contributed by atoms with Crippen molar-refractivity contribution >= 4 is 28.8 Å². The van der Waals surface area contributed by atoms with Crippen LogP contribution in [0.2, 0.25) is 0 Å². The molecule has 5 heteroatoms. The fraction of sp³-hybridized carbons (Fsp3) is 0.154. The Morgan fingerprint density at radius 1 is 0.806 bits per heavy atom. The van der Waals surface area contributed by atoms with Crippen LogP contribution in [-0.2, 0) is 9.59 Å². The van der Waals surface area contributed by atoms with Gasteiger partial charge in [0.1, 0.15) is 11.5 Å². The lowest BCUT2D eigenvalue weighted by Crippen LogP contribution is -2.32. The minimum absolute atomic E-state index is 0.218. The number of nitrogens with zero attached hydrogens (tertiary/aromatic N) is 1. The zero-order valence-corrected chi connectivity index (χ0v) is 17.9. The van der Waals surface area contributed by atoms with E-state index in [1.165, 1.54) is 24.3 Å². The molecule has 0 radical (unpaired) electrons.